The van der Waals surface area contributed by atoms with Crippen LogP contribution in [-0.2, 0) is 12.7 Å². The van der Waals surface area contributed by atoms with Gasteiger partial charge >= 0.3 is 6.18 Å². The van der Waals surface area contributed by atoms with Crippen LogP contribution in [0, 0.1) is 0 Å². The van der Waals surface area contributed by atoms with E-state index in [2.05, 4.69) is 36.8 Å². The summed E-state index contributed by atoms with van der Waals surface area (Å²) in [6.45, 7) is 2.59. The van der Waals surface area contributed by atoms with Crippen molar-refractivity contribution < 1.29 is 13.2 Å². The minimum absolute atomic E-state index is 0.00512. The molecule has 1 fully saturated rings. The van der Waals surface area contributed by atoms with Gasteiger partial charge in [-0.1, -0.05) is 0 Å². The number of aromatic nitrogens is 4. The molecule has 0 atom stereocenters. The van der Waals surface area contributed by atoms with Crippen LogP contribution in [0.4, 0.5) is 13.2 Å². The number of halogens is 3. The monoisotopic (exact) mass is 367 g/mol. The Morgan fingerprint density at radius 2 is 2.04 bits per heavy atom. The highest BCUT2D eigenvalue weighted by Gasteiger charge is 2.36. The predicted octanol–water partition coefficient (Wildman–Crippen LogP) is 3.58. The fourth-order valence-electron chi connectivity index (χ4n) is 3.27. The van der Waals surface area contributed by atoms with E-state index in [1.54, 1.807) is 11.3 Å². The maximum Gasteiger partial charge on any atom is 0.433 e. The molecule has 0 bridgehead atoms. The average Bonchev–Trinajstić information content (AvgIpc) is 3.24. The summed E-state index contributed by atoms with van der Waals surface area (Å²) < 4.78 is 40.6. The molecule has 4 heterocycles. The summed E-state index contributed by atoms with van der Waals surface area (Å²) in [5, 5.41) is 7.82. The number of alkyl halides is 3. The molecule has 3 aromatic heterocycles. The van der Waals surface area contributed by atoms with Crippen molar-refractivity contribution in [3.63, 3.8) is 0 Å². The van der Waals surface area contributed by atoms with E-state index in [4.69, 9.17) is 0 Å². The number of piperidine rings is 1. The number of thiophene rings is 1. The van der Waals surface area contributed by atoms with Crippen molar-refractivity contribution in [3.05, 3.63) is 46.2 Å². The molecule has 0 aliphatic carbocycles. The van der Waals surface area contributed by atoms with Crippen LogP contribution >= 0.6 is 11.3 Å². The summed E-state index contributed by atoms with van der Waals surface area (Å²) >= 11 is 1.67. The molecule has 132 valence electrons. The Kier molecular flexibility index (Phi) is 4.20. The fourth-order valence-corrected chi connectivity index (χ4v) is 3.93. The maximum atomic E-state index is 13.3. The van der Waals surface area contributed by atoms with E-state index < -0.39 is 11.9 Å². The third kappa shape index (κ3) is 3.38. The zero-order valence-electron chi connectivity index (χ0n) is 13.3. The zero-order chi connectivity index (χ0) is 17.4. The van der Waals surface area contributed by atoms with E-state index in [1.165, 1.54) is 5.56 Å². The lowest BCUT2D eigenvalue weighted by Crippen LogP contribution is -2.32. The largest absolute Gasteiger partial charge is 0.433 e. The first-order chi connectivity index (χ1) is 12.0. The second-order valence-corrected chi connectivity index (χ2v) is 7.00. The van der Waals surface area contributed by atoms with Gasteiger partial charge in [-0.25, -0.2) is 4.98 Å². The Bertz CT molecular complexity index is 850. The summed E-state index contributed by atoms with van der Waals surface area (Å²) in [4.78, 5) is 10.5. The van der Waals surface area contributed by atoms with E-state index in [0.29, 0.717) is 5.69 Å². The Morgan fingerprint density at radius 1 is 1.24 bits per heavy atom. The molecule has 3 aromatic rings. The van der Waals surface area contributed by atoms with Gasteiger partial charge in [-0.3, -0.25) is 4.90 Å². The van der Waals surface area contributed by atoms with E-state index in [-0.39, 0.29) is 11.7 Å². The Balaban J connectivity index is 1.53. The number of fused-ring (bicyclic) bond motifs is 1. The molecule has 0 spiro atoms. The maximum absolute atomic E-state index is 13.3. The standard InChI is InChI=1S/C16H16F3N5S/c17-16(18,19)14-7-13(22-15-20-10-21-24(14)15)12-1-4-23(5-2-12)8-11-3-6-25-9-11/h3,6-7,9-10,12H,1-2,4-5,8H2. The van der Waals surface area contributed by atoms with Crippen molar-refractivity contribution in [1.82, 2.24) is 24.5 Å². The van der Waals surface area contributed by atoms with Gasteiger partial charge in [-0.15, -0.1) is 0 Å². The topological polar surface area (TPSA) is 46.3 Å². The SMILES string of the molecule is FC(F)(F)c1cc(C2CCN(Cc3ccsc3)CC2)nc2ncnn12. The summed E-state index contributed by atoms with van der Waals surface area (Å²) in [6.07, 6.45) is -1.80. The van der Waals surface area contributed by atoms with Crippen LogP contribution < -0.4 is 0 Å². The molecule has 1 saturated heterocycles. The second kappa shape index (κ2) is 6.38. The van der Waals surface area contributed by atoms with Crippen molar-refractivity contribution in [2.45, 2.75) is 31.5 Å². The van der Waals surface area contributed by atoms with Gasteiger partial charge in [0.25, 0.3) is 5.78 Å². The number of nitrogens with zero attached hydrogens (tertiary/aromatic N) is 5. The Morgan fingerprint density at radius 3 is 2.72 bits per heavy atom. The van der Waals surface area contributed by atoms with E-state index in [0.717, 1.165) is 49.4 Å². The van der Waals surface area contributed by atoms with E-state index in [9.17, 15) is 13.2 Å². The summed E-state index contributed by atoms with van der Waals surface area (Å²) in [5.74, 6) is 0.0204. The van der Waals surface area contributed by atoms with Gasteiger partial charge in [0.05, 0.1) is 0 Å². The van der Waals surface area contributed by atoms with E-state index >= 15 is 0 Å². The number of hydrogen-bond acceptors (Lipinski definition) is 5. The van der Waals surface area contributed by atoms with Gasteiger partial charge < -0.3 is 0 Å². The minimum atomic E-state index is -4.48. The third-order valence-corrected chi connectivity index (χ3v) is 5.29. The molecule has 4 rings (SSSR count). The molecule has 0 amide bonds. The molecule has 0 unspecified atom stereocenters. The summed E-state index contributed by atoms with van der Waals surface area (Å²) in [5.41, 5.74) is 0.930. The predicted molar refractivity (Wildman–Crippen MR) is 87.4 cm³/mol. The van der Waals surface area contributed by atoms with Crippen molar-refractivity contribution in [2.24, 2.45) is 0 Å². The first-order valence-electron chi connectivity index (χ1n) is 8.02. The fraction of sp³-hybridized carbons (Fsp3) is 0.438. The third-order valence-electron chi connectivity index (χ3n) is 4.55. The molecule has 9 heteroatoms. The lowest BCUT2D eigenvalue weighted by molar-refractivity contribution is -0.142. The molecule has 0 N–H and O–H groups in total. The molecule has 1 aliphatic rings. The van der Waals surface area contributed by atoms with Crippen molar-refractivity contribution in [2.75, 3.05) is 13.1 Å². The number of likely N-dealkylation sites (tertiary alicyclic amines) is 1. The molecule has 0 aromatic carbocycles. The van der Waals surface area contributed by atoms with Crippen LogP contribution in [0.5, 0.6) is 0 Å². The van der Waals surface area contributed by atoms with Crippen LogP contribution in [0.2, 0.25) is 0 Å². The van der Waals surface area contributed by atoms with Crippen LogP contribution in [0.3, 0.4) is 0 Å². The average molecular weight is 367 g/mol. The van der Waals surface area contributed by atoms with Gasteiger partial charge in [0.1, 0.15) is 6.33 Å². The van der Waals surface area contributed by atoms with Crippen molar-refractivity contribution in [3.8, 4) is 0 Å². The van der Waals surface area contributed by atoms with Gasteiger partial charge in [-0.2, -0.15) is 39.1 Å². The van der Waals surface area contributed by atoms with Crippen molar-refractivity contribution in [1.29, 1.82) is 0 Å². The van der Waals surface area contributed by atoms with Gasteiger partial charge in [0, 0.05) is 18.2 Å². The summed E-state index contributed by atoms with van der Waals surface area (Å²) in [7, 11) is 0. The smallest absolute Gasteiger partial charge is 0.299 e. The zero-order valence-corrected chi connectivity index (χ0v) is 14.1. The molecule has 5 nitrogen and oxygen atoms in total. The number of rotatable bonds is 3. The van der Waals surface area contributed by atoms with Crippen LogP contribution in [0.25, 0.3) is 5.78 Å². The van der Waals surface area contributed by atoms with Gasteiger partial charge in [0.2, 0.25) is 0 Å². The molecule has 25 heavy (non-hydrogen) atoms. The first kappa shape index (κ1) is 16.5. The highest BCUT2D eigenvalue weighted by molar-refractivity contribution is 7.07. The highest BCUT2D eigenvalue weighted by Crippen LogP contribution is 2.33. The lowest BCUT2D eigenvalue weighted by atomic mass is 9.92. The Labute approximate surface area is 146 Å². The quantitative estimate of drug-likeness (QED) is 0.710. The molecule has 0 radical (unpaired) electrons. The minimum Gasteiger partial charge on any atom is -0.299 e. The molecule has 0 saturated carbocycles. The van der Waals surface area contributed by atoms with Crippen LogP contribution in [-0.4, -0.2) is 37.6 Å². The molecular formula is C16H16F3N5S. The normalized spacial score (nSPS) is 17.4. The summed E-state index contributed by atoms with van der Waals surface area (Å²) in [6, 6.07) is 3.23. The van der Waals surface area contributed by atoms with Crippen molar-refractivity contribution >= 4 is 17.1 Å². The number of hydrogen-bond donors (Lipinski definition) is 0. The van der Waals surface area contributed by atoms with Gasteiger partial charge in [0.15, 0.2) is 5.69 Å². The lowest BCUT2D eigenvalue weighted by Gasteiger charge is -2.31. The van der Waals surface area contributed by atoms with E-state index in [1.807, 2.05) is 0 Å². The van der Waals surface area contributed by atoms with Crippen LogP contribution in [0.1, 0.15) is 35.7 Å². The van der Waals surface area contributed by atoms with Gasteiger partial charge in [-0.05, 0) is 54.4 Å². The Hall–Kier alpha value is -2.00. The molecule has 1 aliphatic heterocycles. The second-order valence-electron chi connectivity index (χ2n) is 6.22. The highest BCUT2D eigenvalue weighted by atomic mass is 32.1. The molecular weight excluding hydrogens is 351 g/mol. The first-order valence-corrected chi connectivity index (χ1v) is 8.96. The van der Waals surface area contributed by atoms with Crippen LogP contribution in [0.15, 0.2) is 29.2 Å².